The predicted octanol–water partition coefficient (Wildman–Crippen LogP) is 4.04. The zero-order valence-electron chi connectivity index (χ0n) is 11.5. The van der Waals surface area contributed by atoms with Crippen LogP contribution in [-0.4, -0.2) is 16.3 Å². The van der Waals surface area contributed by atoms with Crippen molar-refractivity contribution in [1.82, 2.24) is 0 Å². The van der Waals surface area contributed by atoms with Crippen molar-refractivity contribution >= 4 is 17.7 Å². The van der Waals surface area contributed by atoms with E-state index in [2.05, 4.69) is 13.0 Å². The van der Waals surface area contributed by atoms with Gasteiger partial charge in [-0.3, -0.25) is 4.79 Å². The number of benzene rings is 2. The molecule has 0 aliphatic rings. The molecule has 0 heterocycles. The van der Waals surface area contributed by atoms with Gasteiger partial charge in [-0.1, -0.05) is 49.4 Å². The summed E-state index contributed by atoms with van der Waals surface area (Å²) in [6, 6.07) is 17.8. The highest BCUT2D eigenvalue weighted by atomic mass is 32.2. The fourth-order valence-electron chi connectivity index (χ4n) is 2.14. The molecular formula is C17H18O2S. The van der Waals surface area contributed by atoms with Crippen LogP contribution in [0.2, 0.25) is 0 Å². The van der Waals surface area contributed by atoms with E-state index in [0.717, 1.165) is 16.9 Å². The molecule has 0 spiro atoms. The maximum absolute atomic E-state index is 11.5. The lowest BCUT2D eigenvalue weighted by atomic mass is 10.0. The Balaban J connectivity index is 2.16. The molecule has 20 heavy (non-hydrogen) atoms. The van der Waals surface area contributed by atoms with Gasteiger partial charge in [0, 0.05) is 4.90 Å². The summed E-state index contributed by atoms with van der Waals surface area (Å²) < 4.78 is 0. The molecule has 2 aromatic rings. The van der Waals surface area contributed by atoms with Crippen molar-refractivity contribution in [2.24, 2.45) is 0 Å². The van der Waals surface area contributed by atoms with Gasteiger partial charge in [0.05, 0.1) is 0 Å². The van der Waals surface area contributed by atoms with Crippen molar-refractivity contribution in [2.45, 2.75) is 29.9 Å². The average molecular weight is 286 g/mol. The van der Waals surface area contributed by atoms with Gasteiger partial charge in [0.2, 0.25) is 0 Å². The topological polar surface area (TPSA) is 37.3 Å². The second-order valence-corrected chi connectivity index (χ2v) is 5.86. The zero-order valence-corrected chi connectivity index (χ0v) is 12.3. The number of carboxylic acid groups (broad SMARTS) is 1. The first-order valence-corrected chi connectivity index (χ1v) is 7.60. The van der Waals surface area contributed by atoms with Crippen LogP contribution in [0.5, 0.6) is 0 Å². The Labute approximate surface area is 123 Å². The molecule has 1 N–H and O–H groups in total. The number of aryl methyl sites for hydroxylation is 1. The third kappa shape index (κ3) is 3.87. The van der Waals surface area contributed by atoms with Gasteiger partial charge in [0.15, 0.2) is 0 Å². The molecule has 0 aliphatic carbocycles. The molecule has 2 nitrogen and oxygen atoms in total. The number of carbonyl (C=O) groups is 1. The van der Waals surface area contributed by atoms with Crippen LogP contribution in [0.4, 0.5) is 0 Å². The number of aliphatic carboxylic acids is 1. The molecule has 0 amide bonds. The third-order valence-corrected chi connectivity index (χ3v) is 4.40. The molecule has 104 valence electrons. The van der Waals surface area contributed by atoms with Gasteiger partial charge in [0.1, 0.15) is 5.25 Å². The third-order valence-electron chi connectivity index (χ3n) is 3.20. The highest BCUT2D eigenvalue weighted by molar-refractivity contribution is 8.00. The van der Waals surface area contributed by atoms with Crippen LogP contribution < -0.4 is 0 Å². The number of hydrogen-bond acceptors (Lipinski definition) is 2. The van der Waals surface area contributed by atoms with Gasteiger partial charge in [-0.25, -0.2) is 0 Å². The predicted molar refractivity (Wildman–Crippen MR) is 83.2 cm³/mol. The first-order chi connectivity index (χ1) is 9.70. The first-order valence-electron chi connectivity index (χ1n) is 6.72. The highest BCUT2D eigenvalue weighted by Gasteiger charge is 2.20. The van der Waals surface area contributed by atoms with Crippen LogP contribution in [0, 0.1) is 0 Å². The van der Waals surface area contributed by atoms with E-state index in [9.17, 15) is 9.90 Å². The Morgan fingerprint density at radius 2 is 1.65 bits per heavy atom. The SMILES string of the molecule is CCc1ccccc1C[C@@H](Sc1ccccc1)C(=O)O. The molecule has 0 aromatic heterocycles. The van der Waals surface area contributed by atoms with Gasteiger partial charge in [-0.15, -0.1) is 11.8 Å². The molecule has 0 unspecified atom stereocenters. The Morgan fingerprint density at radius 3 is 2.25 bits per heavy atom. The van der Waals surface area contributed by atoms with E-state index >= 15 is 0 Å². The van der Waals surface area contributed by atoms with Gasteiger partial charge in [-0.2, -0.15) is 0 Å². The maximum atomic E-state index is 11.5. The average Bonchev–Trinajstić information content (AvgIpc) is 2.48. The number of carboxylic acids is 1. The Hall–Kier alpha value is -1.74. The fraction of sp³-hybridized carbons (Fsp3) is 0.235. The highest BCUT2D eigenvalue weighted by Crippen LogP contribution is 2.27. The monoisotopic (exact) mass is 286 g/mol. The van der Waals surface area contributed by atoms with Crippen LogP contribution >= 0.6 is 11.8 Å². The molecule has 0 saturated carbocycles. The molecule has 0 fully saturated rings. The van der Waals surface area contributed by atoms with Gasteiger partial charge in [0.25, 0.3) is 0 Å². The van der Waals surface area contributed by atoms with Crippen molar-refractivity contribution in [2.75, 3.05) is 0 Å². The van der Waals surface area contributed by atoms with Gasteiger partial charge in [-0.05, 0) is 36.1 Å². The summed E-state index contributed by atoms with van der Waals surface area (Å²) in [5, 5.41) is 8.99. The molecule has 2 aromatic carbocycles. The lowest BCUT2D eigenvalue weighted by Crippen LogP contribution is -2.19. The van der Waals surface area contributed by atoms with Crippen molar-refractivity contribution in [3.8, 4) is 0 Å². The van der Waals surface area contributed by atoms with Crippen LogP contribution in [-0.2, 0) is 17.6 Å². The number of rotatable bonds is 6. The van der Waals surface area contributed by atoms with E-state index in [0.29, 0.717) is 6.42 Å². The van der Waals surface area contributed by atoms with E-state index in [1.54, 1.807) is 0 Å². The van der Waals surface area contributed by atoms with Crippen LogP contribution in [0.3, 0.4) is 0 Å². The van der Waals surface area contributed by atoms with Crippen LogP contribution in [0.15, 0.2) is 59.5 Å². The summed E-state index contributed by atoms with van der Waals surface area (Å²) in [5.41, 5.74) is 2.36. The minimum absolute atomic E-state index is 0.454. The van der Waals surface area contributed by atoms with Crippen molar-refractivity contribution in [3.63, 3.8) is 0 Å². The van der Waals surface area contributed by atoms with E-state index in [4.69, 9.17) is 0 Å². The summed E-state index contributed by atoms with van der Waals surface area (Å²) in [6.45, 7) is 2.10. The zero-order chi connectivity index (χ0) is 14.4. The summed E-state index contributed by atoms with van der Waals surface area (Å²) in [6.07, 6.45) is 1.48. The lowest BCUT2D eigenvalue weighted by molar-refractivity contribution is -0.136. The number of thioether (sulfide) groups is 1. The fourth-order valence-corrected chi connectivity index (χ4v) is 3.15. The Bertz CT molecular complexity index is 566. The van der Waals surface area contributed by atoms with Crippen LogP contribution in [0.1, 0.15) is 18.1 Å². The summed E-state index contributed by atoms with van der Waals surface area (Å²) >= 11 is 1.41. The van der Waals surface area contributed by atoms with Crippen molar-refractivity contribution in [3.05, 3.63) is 65.7 Å². The summed E-state index contributed by atoms with van der Waals surface area (Å²) in [5.74, 6) is -0.759. The Morgan fingerprint density at radius 1 is 1.05 bits per heavy atom. The van der Waals surface area contributed by atoms with E-state index < -0.39 is 11.2 Å². The second kappa shape index (κ2) is 7.15. The van der Waals surface area contributed by atoms with E-state index in [1.807, 2.05) is 48.5 Å². The molecule has 0 saturated heterocycles. The normalized spacial score (nSPS) is 12.1. The minimum atomic E-state index is -0.759. The summed E-state index contributed by atoms with van der Waals surface area (Å²) in [4.78, 5) is 12.5. The van der Waals surface area contributed by atoms with Crippen LogP contribution in [0.25, 0.3) is 0 Å². The Kier molecular flexibility index (Phi) is 5.24. The van der Waals surface area contributed by atoms with Crippen molar-refractivity contribution < 1.29 is 9.90 Å². The standard InChI is InChI=1S/C17H18O2S/c1-2-13-8-6-7-9-14(13)12-16(17(18)19)20-15-10-4-3-5-11-15/h3-11,16H,2,12H2,1H3,(H,18,19)/t16-/m1/s1. The maximum Gasteiger partial charge on any atom is 0.317 e. The van der Waals surface area contributed by atoms with Gasteiger partial charge < -0.3 is 5.11 Å². The minimum Gasteiger partial charge on any atom is -0.480 e. The quantitative estimate of drug-likeness (QED) is 0.814. The van der Waals surface area contributed by atoms with E-state index in [-0.39, 0.29) is 0 Å². The summed E-state index contributed by atoms with van der Waals surface area (Å²) in [7, 11) is 0. The largest absolute Gasteiger partial charge is 0.480 e. The lowest BCUT2D eigenvalue weighted by Gasteiger charge is -2.14. The molecule has 1 atom stereocenters. The van der Waals surface area contributed by atoms with Crippen molar-refractivity contribution in [1.29, 1.82) is 0 Å². The number of hydrogen-bond donors (Lipinski definition) is 1. The second-order valence-electron chi connectivity index (χ2n) is 4.58. The molecule has 0 aliphatic heterocycles. The smallest absolute Gasteiger partial charge is 0.317 e. The molecular weight excluding hydrogens is 268 g/mol. The van der Waals surface area contributed by atoms with E-state index in [1.165, 1.54) is 17.3 Å². The molecule has 3 heteroatoms. The molecule has 0 bridgehead atoms. The molecule has 2 rings (SSSR count). The first kappa shape index (κ1) is 14.7. The van der Waals surface area contributed by atoms with Gasteiger partial charge >= 0.3 is 5.97 Å². The molecule has 0 radical (unpaired) electrons.